The van der Waals surface area contributed by atoms with E-state index in [9.17, 15) is 5.11 Å². The third-order valence-electron chi connectivity index (χ3n) is 2.77. The Morgan fingerprint density at radius 3 is 2.69 bits per heavy atom. The SMILES string of the molecule is CC(C)(O)c1cc(Cl)ccc1OCC1CC1. The van der Waals surface area contributed by atoms with Crippen LogP contribution in [0.3, 0.4) is 0 Å². The number of aliphatic hydroxyl groups is 1. The Kier molecular flexibility index (Phi) is 3.13. The molecular formula is C13H17ClO2. The van der Waals surface area contributed by atoms with Crippen LogP contribution in [0.2, 0.25) is 5.02 Å². The first-order valence-corrected chi connectivity index (χ1v) is 6.00. The quantitative estimate of drug-likeness (QED) is 0.875. The topological polar surface area (TPSA) is 29.5 Å². The van der Waals surface area contributed by atoms with Crippen molar-refractivity contribution < 1.29 is 9.84 Å². The average molecular weight is 241 g/mol. The number of rotatable bonds is 4. The van der Waals surface area contributed by atoms with Gasteiger partial charge in [-0.3, -0.25) is 0 Å². The van der Waals surface area contributed by atoms with E-state index in [0.29, 0.717) is 10.9 Å². The second-order valence-corrected chi connectivity index (χ2v) is 5.39. The minimum absolute atomic E-state index is 0.621. The van der Waals surface area contributed by atoms with Crippen LogP contribution < -0.4 is 4.74 Å². The van der Waals surface area contributed by atoms with Crippen molar-refractivity contribution in [2.24, 2.45) is 5.92 Å². The fraction of sp³-hybridized carbons (Fsp3) is 0.538. The van der Waals surface area contributed by atoms with E-state index < -0.39 is 5.60 Å². The first-order valence-electron chi connectivity index (χ1n) is 5.62. The largest absolute Gasteiger partial charge is 0.493 e. The van der Waals surface area contributed by atoms with Gasteiger partial charge in [0.15, 0.2) is 0 Å². The summed E-state index contributed by atoms with van der Waals surface area (Å²) in [5.41, 5.74) is -0.176. The molecule has 0 unspecified atom stereocenters. The van der Waals surface area contributed by atoms with Crippen LogP contribution in [-0.2, 0) is 5.60 Å². The first-order chi connectivity index (χ1) is 7.47. The van der Waals surface area contributed by atoms with Crippen LogP contribution in [0.5, 0.6) is 5.75 Å². The van der Waals surface area contributed by atoms with E-state index in [1.54, 1.807) is 26.0 Å². The minimum Gasteiger partial charge on any atom is -0.493 e. The van der Waals surface area contributed by atoms with Gasteiger partial charge in [-0.1, -0.05) is 11.6 Å². The highest BCUT2D eigenvalue weighted by Crippen LogP contribution is 2.34. The van der Waals surface area contributed by atoms with Crippen molar-refractivity contribution in [1.29, 1.82) is 0 Å². The summed E-state index contributed by atoms with van der Waals surface area (Å²) in [6.45, 7) is 4.22. The molecule has 2 nitrogen and oxygen atoms in total. The fourth-order valence-corrected chi connectivity index (χ4v) is 1.77. The molecule has 3 heteroatoms. The maximum Gasteiger partial charge on any atom is 0.125 e. The fourth-order valence-electron chi connectivity index (χ4n) is 1.60. The van der Waals surface area contributed by atoms with E-state index in [1.807, 2.05) is 6.07 Å². The van der Waals surface area contributed by atoms with Gasteiger partial charge in [0.2, 0.25) is 0 Å². The lowest BCUT2D eigenvalue weighted by molar-refractivity contribution is 0.0745. The van der Waals surface area contributed by atoms with Crippen molar-refractivity contribution in [3.63, 3.8) is 0 Å². The molecular weight excluding hydrogens is 224 g/mol. The third-order valence-corrected chi connectivity index (χ3v) is 3.01. The van der Waals surface area contributed by atoms with E-state index >= 15 is 0 Å². The van der Waals surface area contributed by atoms with E-state index in [4.69, 9.17) is 16.3 Å². The number of hydrogen-bond donors (Lipinski definition) is 1. The normalized spacial score (nSPS) is 16.2. The van der Waals surface area contributed by atoms with Crippen molar-refractivity contribution in [3.8, 4) is 5.75 Å². The molecule has 0 aromatic heterocycles. The highest BCUT2D eigenvalue weighted by molar-refractivity contribution is 6.30. The Morgan fingerprint density at radius 2 is 2.12 bits per heavy atom. The molecule has 0 bridgehead atoms. The summed E-state index contributed by atoms with van der Waals surface area (Å²) in [6.07, 6.45) is 2.51. The maximum atomic E-state index is 10.0. The lowest BCUT2D eigenvalue weighted by Gasteiger charge is -2.22. The lowest BCUT2D eigenvalue weighted by atomic mass is 9.97. The Morgan fingerprint density at radius 1 is 1.44 bits per heavy atom. The first kappa shape index (κ1) is 11.7. The van der Waals surface area contributed by atoms with Gasteiger partial charge in [0.05, 0.1) is 12.2 Å². The second-order valence-electron chi connectivity index (χ2n) is 4.95. The molecule has 1 aromatic carbocycles. The molecule has 0 amide bonds. The highest BCUT2D eigenvalue weighted by Gasteiger charge is 2.25. The van der Waals surface area contributed by atoms with Crippen molar-refractivity contribution in [1.82, 2.24) is 0 Å². The summed E-state index contributed by atoms with van der Waals surface area (Å²) in [5.74, 6) is 1.44. The van der Waals surface area contributed by atoms with E-state index in [1.165, 1.54) is 12.8 Å². The second kappa shape index (κ2) is 4.27. The summed E-state index contributed by atoms with van der Waals surface area (Å²) >= 11 is 5.93. The summed E-state index contributed by atoms with van der Waals surface area (Å²) in [6, 6.07) is 5.39. The molecule has 0 heterocycles. The van der Waals surface area contributed by atoms with Gasteiger partial charge >= 0.3 is 0 Å². The van der Waals surface area contributed by atoms with Crippen LogP contribution in [0.1, 0.15) is 32.3 Å². The number of benzene rings is 1. The van der Waals surface area contributed by atoms with Crippen molar-refractivity contribution in [2.45, 2.75) is 32.3 Å². The molecule has 88 valence electrons. The Labute approximate surface area is 101 Å². The van der Waals surface area contributed by atoms with Crippen LogP contribution in [0, 0.1) is 5.92 Å². The molecule has 1 aliphatic carbocycles. The van der Waals surface area contributed by atoms with Gasteiger partial charge in [-0.25, -0.2) is 0 Å². The minimum atomic E-state index is -0.927. The Balaban J connectivity index is 2.20. The van der Waals surface area contributed by atoms with Crippen LogP contribution in [0.15, 0.2) is 18.2 Å². The maximum absolute atomic E-state index is 10.0. The van der Waals surface area contributed by atoms with Gasteiger partial charge in [0.1, 0.15) is 5.75 Å². The van der Waals surface area contributed by atoms with Gasteiger partial charge < -0.3 is 9.84 Å². The van der Waals surface area contributed by atoms with E-state index in [-0.39, 0.29) is 0 Å². The molecule has 2 rings (SSSR count). The Hall–Kier alpha value is -0.730. The zero-order valence-corrected chi connectivity index (χ0v) is 10.4. The van der Waals surface area contributed by atoms with Crippen LogP contribution in [0.4, 0.5) is 0 Å². The van der Waals surface area contributed by atoms with E-state index in [2.05, 4.69) is 0 Å². The van der Waals surface area contributed by atoms with E-state index in [0.717, 1.165) is 17.9 Å². The molecule has 0 aliphatic heterocycles. The molecule has 1 N–H and O–H groups in total. The molecule has 16 heavy (non-hydrogen) atoms. The average Bonchev–Trinajstić information content (AvgIpc) is 2.98. The Bertz CT molecular complexity index is 378. The third kappa shape index (κ3) is 2.89. The summed E-state index contributed by atoms with van der Waals surface area (Å²) in [5, 5.41) is 10.7. The molecule has 0 atom stereocenters. The standard InChI is InChI=1S/C13H17ClO2/c1-13(2,15)11-7-10(14)5-6-12(11)16-8-9-3-4-9/h5-7,9,15H,3-4,8H2,1-2H3. The molecule has 1 aliphatic rings. The smallest absolute Gasteiger partial charge is 0.125 e. The van der Waals surface area contributed by atoms with Crippen molar-refractivity contribution in [3.05, 3.63) is 28.8 Å². The number of halogens is 1. The number of ether oxygens (including phenoxy) is 1. The van der Waals surface area contributed by atoms with Gasteiger partial charge in [0.25, 0.3) is 0 Å². The molecule has 1 aromatic rings. The predicted octanol–water partition coefficient (Wildman–Crippen LogP) is 3.36. The molecule has 1 fully saturated rings. The van der Waals surface area contributed by atoms with Gasteiger partial charge in [-0.2, -0.15) is 0 Å². The summed E-state index contributed by atoms with van der Waals surface area (Å²) in [7, 11) is 0. The molecule has 1 saturated carbocycles. The van der Waals surface area contributed by atoms with Crippen molar-refractivity contribution >= 4 is 11.6 Å². The zero-order chi connectivity index (χ0) is 11.8. The van der Waals surface area contributed by atoms with Crippen LogP contribution >= 0.6 is 11.6 Å². The number of hydrogen-bond acceptors (Lipinski definition) is 2. The molecule has 0 saturated heterocycles. The summed E-state index contributed by atoms with van der Waals surface area (Å²) in [4.78, 5) is 0. The monoisotopic (exact) mass is 240 g/mol. The molecule has 0 spiro atoms. The predicted molar refractivity (Wildman–Crippen MR) is 64.9 cm³/mol. The van der Waals surface area contributed by atoms with Crippen molar-refractivity contribution in [2.75, 3.05) is 6.61 Å². The lowest BCUT2D eigenvalue weighted by Crippen LogP contribution is -2.17. The van der Waals surface area contributed by atoms with Crippen LogP contribution in [-0.4, -0.2) is 11.7 Å². The van der Waals surface area contributed by atoms with Gasteiger partial charge in [-0.05, 0) is 50.8 Å². The zero-order valence-electron chi connectivity index (χ0n) is 9.66. The van der Waals surface area contributed by atoms with Gasteiger partial charge in [0, 0.05) is 10.6 Å². The summed E-state index contributed by atoms with van der Waals surface area (Å²) < 4.78 is 5.72. The van der Waals surface area contributed by atoms with Gasteiger partial charge in [-0.15, -0.1) is 0 Å². The van der Waals surface area contributed by atoms with Crippen LogP contribution in [0.25, 0.3) is 0 Å². The molecule has 0 radical (unpaired) electrons. The highest BCUT2D eigenvalue weighted by atomic mass is 35.5.